The highest BCUT2D eigenvalue weighted by atomic mass is 32.1. The summed E-state index contributed by atoms with van der Waals surface area (Å²) in [5.74, 6) is 0.964. The van der Waals surface area contributed by atoms with Crippen molar-refractivity contribution in [1.82, 2.24) is 10.2 Å². The van der Waals surface area contributed by atoms with Gasteiger partial charge >= 0.3 is 0 Å². The minimum Gasteiger partial charge on any atom is -0.355 e. The smallest absolute Gasteiger partial charge is 0.220 e. The zero-order valence-electron chi connectivity index (χ0n) is 12.4. The highest BCUT2D eigenvalue weighted by molar-refractivity contribution is 7.10. The highest BCUT2D eigenvalue weighted by Gasteiger charge is 2.20. The number of nitrogens with one attached hydrogen (secondary N) is 1. The summed E-state index contributed by atoms with van der Waals surface area (Å²) in [5.41, 5.74) is 0. The van der Waals surface area contributed by atoms with E-state index in [1.165, 1.54) is 17.7 Å². The van der Waals surface area contributed by atoms with E-state index < -0.39 is 0 Å². The van der Waals surface area contributed by atoms with Crippen LogP contribution in [0, 0.1) is 0 Å². The number of likely N-dealkylation sites (tertiary alicyclic amines) is 1. The predicted molar refractivity (Wildman–Crippen MR) is 85.3 cm³/mol. The molecule has 0 spiro atoms. The van der Waals surface area contributed by atoms with Crippen LogP contribution in [0.15, 0.2) is 17.5 Å². The third-order valence-corrected chi connectivity index (χ3v) is 5.08. The molecule has 1 saturated heterocycles. The molecule has 112 valence electrons. The van der Waals surface area contributed by atoms with Crippen molar-refractivity contribution in [3.63, 3.8) is 0 Å². The Hall–Kier alpha value is -0.870. The summed E-state index contributed by atoms with van der Waals surface area (Å²) in [6.07, 6.45) is 5.27. The first-order chi connectivity index (χ1) is 9.79. The van der Waals surface area contributed by atoms with Crippen molar-refractivity contribution in [1.29, 1.82) is 0 Å². The molecule has 0 aliphatic carbocycles. The van der Waals surface area contributed by atoms with Crippen molar-refractivity contribution in [3.05, 3.63) is 22.4 Å². The van der Waals surface area contributed by atoms with E-state index in [4.69, 9.17) is 0 Å². The van der Waals surface area contributed by atoms with Gasteiger partial charge in [0, 0.05) is 24.4 Å². The summed E-state index contributed by atoms with van der Waals surface area (Å²) in [4.78, 5) is 15.5. The maximum absolute atomic E-state index is 11.5. The van der Waals surface area contributed by atoms with E-state index in [9.17, 15) is 4.79 Å². The van der Waals surface area contributed by atoms with Crippen LogP contribution in [-0.4, -0.2) is 37.0 Å². The second kappa shape index (κ2) is 8.42. The van der Waals surface area contributed by atoms with Crippen molar-refractivity contribution in [3.8, 4) is 0 Å². The topological polar surface area (TPSA) is 32.3 Å². The number of thiophene rings is 1. The summed E-state index contributed by atoms with van der Waals surface area (Å²) in [6, 6.07) is 4.41. The van der Waals surface area contributed by atoms with E-state index in [-0.39, 0.29) is 5.91 Å². The summed E-state index contributed by atoms with van der Waals surface area (Å²) in [6.45, 7) is 6.23. The van der Waals surface area contributed by atoms with E-state index in [2.05, 4.69) is 34.7 Å². The van der Waals surface area contributed by atoms with Crippen LogP contribution in [0.4, 0.5) is 0 Å². The number of unbranched alkanes of at least 4 members (excludes halogenated alkanes) is 1. The molecule has 0 saturated carbocycles. The van der Waals surface area contributed by atoms with Crippen molar-refractivity contribution in [2.24, 2.45) is 0 Å². The molecule has 20 heavy (non-hydrogen) atoms. The van der Waals surface area contributed by atoms with E-state index in [0.29, 0.717) is 6.42 Å². The lowest BCUT2D eigenvalue weighted by Gasteiger charge is -2.31. The molecular formula is C16H26N2OS. The molecule has 1 aliphatic rings. The third-order valence-electron chi connectivity index (χ3n) is 4.04. The van der Waals surface area contributed by atoms with Crippen molar-refractivity contribution in [2.45, 2.75) is 44.9 Å². The second-order valence-electron chi connectivity index (χ2n) is 5.58. The van der Waals surface area contributed by atoms with Gasteiger partial charge in [-0.3, -0.25) is 4.79 Å². The zero-order chi connectivity index (χ0) is 14.2. The van der Waals surface area contributed by atoms with Crippen LogP contribution < -0.4 is 5.32 Å². The molecule has 0 atom stereocenters. The molecule has 0 unspecified atom stereocenters. The largest absolute Gasteiger partial charge is 0.355 e. The Morgan fingerprint density at radius 2 is 2.25 bits per heavy atom. The molecule has 1 amide bonds. The van der Waals surface area contributed by atoms with Gasteiger partial charge in [0.2, 0.25) is 5.91 Å². The predicted octanol–water partition coefficient (Wildman–Crippen LogP) is 3.23. The molecular weight excluding hydrogens is 268 g/mol. The molecule has 2 rings (SSSR count). The number of amides is 1. The second-order valence-corrected chi connectivity index (χ2v) is 6.56. The van der Waals surface area contributed by atoms with Gasteiger partial charge < -0.3 is 10.2 Å². The molecule has 0 radical (unpaired) electrons. The van der Waals surface area contributed by atoms with E-state index in [0.717, 1.165) is 44.9 Å². The van der Waals surface area contributed by atoms with E-state index in [1.54, 1.807) is 0 Å². The first-order valence-corrected chi connectivity index (χ1v) is 8.70. The van der Waals surface area contributed by atoms with Gasteiger partial charge in [-0.15, -0.1) is 11.3 Å². The maximum atomic E-state index is 11.5. The number of rotatable bonds is 7. The van der Waals surface area contributed by atoms with Gasteiger partial charge in [-0.05, 0) is 49.7 Å². The van der Waals surface area contributed by atoms with Crippen LogP contribution in [0.2, 0.25) is 0 Å². The number of carbonyl (C=O) groups is 1. The van der Waals surface area contributed by atoms with Gasteiger partial charge in [0.05, 0.1) is 0 Å². The molecule has 1 N–H and O–H groups in total. The summed E-state index contributed by atoms with van der Waals surface area (Å²) < 4.78 is 0. The van der Waals surface area contributed by atoms with Gasteiger partial charge in [0.1, 0.15) is 0 Å². The number of hydrogen-bond acceptors (Lipinski definition) is 3. The molecule has 1 fully saturated rings. The fraction of sp³-hybridized carbons (Fsp3) is 0.688. The minimum atomic E-state index is 0.209. The van der Waals surface area contributed by atoms with Gasteiger partial charge in [-0.2, -0.15) is 0 Å². The molecule has 2 heterocycles. The highest BCUT2D eigenvalue weighted by Crippen LogP contribution is 2.30. The monoisotopic (exact) mass is 294 g/mol. The first-order valence-electron chi connectivity index (χ1n) is 7.82. The molecule has 1 aliphatic heterocycles. The van der Waals surface area contributed by atoms with E-state index in [1.807, 2.05) is 11.3 Å². The average molecular weight is 294 g/mol. The van der Waals surface area contributed by atoms with Crippen molar-refractivity contribution in [2.75, 3.05) is 26.2 Å². The van der Waals surface area contributed by atoms with Crippen LogP contribution in [-0.2, 0) is 4.79 Å². The Balaban J connectivity index is 1.59. The van der Waals surface area contributed by atoms with Gasteiger partial charge in [-0.25, -0.2) is 0 Å². The molecule has 0 bridgehead atoms. The quantitative estimate of drug-likeness (QED) is 0.837. The fourth-order valence-corrected chi connectivity index (χ4v) is 3.64. The van der Waals surface area contributed by atoms with Crippen molar-refractivity contribution < 1.29 is 4.79 Å². The van der Waals surface area contributed by atoms with Crippen LogP contribution in [0.25, 0.3) is 0 Å². The fourth-order valence-electron chi connectivity index (χ4n) is 2.74. The van der Waals surface area contributed by atoms with E-state index >= 15 is 0 Å². The first kappa shape index (κ1) is 15.5. The Morgan fingerprint density at radius 1 is 1.45 bits per heavy atom. The number of piperidine rings is 1. The summed E-state index contributed by atoms with van der Waals surface area (Å²) >= 11 is 1.88. The Labute approximate surface area is 126 Å². The van der Waals surface area contributed by atoms with Crippen LogP contribution in [0.3, 0.4) is 0 Å². The Morgan fingerprint density at radius 3 is 2.90 bits per heavy atom. The molecule has 1 aromatic heterocycles. The molecule has 0 aromatic carbocycles. The third kappa shape index (κ3) is 4.91. The SMILES string of the molecule is CCCCC(=O)NCCN1CCC(c2cccs2)CC1. The Kier molecular flexibility index (Phi) is 6.54. The summed E-state index contributed by atoms with van der Waals surface area (Å²) in [5, 5.41) is 5.20. The number of hydrogen-bond donors (Lipinski definition) is 1. The van der Waals surface area contributed by atoms with Crippen LogP contribution in [0.1, 0.15) is 49.8 Å². The lowest BCUT2D eigenvalue weighted by atomic mass is 9.95. The Bertz CT molecular complexity index is 383. The number of carbonyl (C=O) groups excluding carboxylic acids is 1. The van der Waals surface area contributed by atoms with Gasteiger partial charge in [0.25, 0.3) is 0 Å². The average Bonchev–Trinajstić information content (AvgIpc) is 3.00. The van der Waals surface area contributed by atoms with Crippen LogP contribution >= 0.6 is 11.3 Å². The standard InChI is InChI=1S/C16H26N2OS/c1-2-3-6-16(19)17-9-12-18-10-7-14(8-11-18)15-5-4-13-20-15/h4-5,13-14H,2-3,6-12H2,1H3,(H,17,19). The lowest BCUT2D eigenvalue weighted by Crippen LogP contribution is -2.39. The maximum Gasteiger partial charge on any atom is 0.220 e. The summed E-state index contributed by atoms with van der Waals surface area (Å²) in [7, 11) is 0. The minimum absolute atomic E-state index is 0.209. The van der Waals surface area contributed by atoms with Gasteiger partial charge in [0.15, 0.2) is 0 Å². The van der Waals surface area contributed by atoms with Crippen molar-refractivity contribution >= 4 is 17.2 Å². The number of nitrogens with zero attached hydrogens (tertiary/aromatic N) is 1. The van der Waals surface area contributed by atoms with Gasteiger partial charge in [-0.1, -0.05) is 19.4 Å². The normalized spacial score (nSPS) is 17.2. The molecule has 4 heteroatoms. The molecule has 1 aromatic rings. The zero-order valence-corrected chi connectivity index (χ0v) is 13.3. The lowest BCUT2D eigenvalue weighted by molar-refractivity contribution is -0.121. The molecule has 3 nitrogen and oxygen atoms in total. The van der Waals surface area contributed by atoms with Crippen LogP contribution in [0.5, 0.6) is 0 Å².